The van der Waals surface area contributed by atoms with Crippen molar-refractivity contribution in [2.45, 2.75) is 13.8 Å². The summed E-state index contributed by atoms with van der Waals surface area (Å²) >= 11 is 0. The van der Waals surface area contributed by atoms with E-state index in [9.17, 15) is 13.6 Å². The Labute approximate surface area is 160 Å². The third-order valence-electron chi connectivity index (χ3n) is 4.58. The third-order valence-corrected chi connectivity index (χ3v) is 4.58. The highest BCUT2D eigenvalue weighted by molar-refractivity contribution is 6.04. The van der Waals surface area contributed by atoms with Gasteiger partial charge in [0.05, 0.1) is 5.69 Å². The number of nitrogens with zero attached hydrogens (tertiary/aromatic N) is 2. The number of benzene rings is 2. The Morgan fingerprint density at radius 2 is 1.82 bits per heavy atom. The minimum absolute atomic E-state index is 0.0481. The second-order valence-electron chi connectivity index (χ2n) is 6.71. The second kappa shape index (κ2) is 6.88. The predicted molar refractivity (Wildman–Crippen MR) is 104 cm³/mol. The molecular weight excluding hydrogens is 360 g/mol. The number of anilines is 1. The molecule has 0 aliphatic heterocycles. The van der Waals surface area contributed by atoms with E-state index in [1.807, 2.05) is 61.0 Å². The summed E-state index contributed by atoms with van der Waals surface area (Å²) in [6.07, 6.45) is 3.86. The first-order valence-electron chi connectivity index (χ1n) is 8.73. The van der Waals surface area contributed by atoms with E-state index < -0.39 is 17.5 Å². The molecule has 4 nitrogen and oxygen atoms in total. The number of imidazole rings is 1. The van der Waals surface area contributed by atoms with Gasteiger partial charge in [0.2, 0.25) is 0 Å². The molecule has 0 aliphatic carbocycles. The quantitative estimate of drug-likeness (QED) is 0.537. The summed E-state index contributed by atoms with van der Waals surface area (Å²) in [7, 11) is 0. The van der Waals surface area contributed by atoms with Crippen LogP contribution in [0, 0.1) is 25.5 Å². The maximum Gasteiger partial charge on any atom is 0.255 e. The molecule has 2 aromatic carbocycles. The zero-order chi connectivity index (χ0) is 19.8. The second-order valence-corrected chi connectivity index (χ2v) is 6.71. The van der Waals surface area contributed by atoms with E-state index in [2.05, 4.69) is 10.3 Å². The number of carbonyl (C=O) groups excluding carboxylic acids is 1. The summed E-state index contributed by atoms with van der Waals surface area (Å²) < 4.78 is 28.4. The van der Waals surface area contributed by atoms with Crippen molar-refractivity contribution >= 4 is 17.2 Å². The van der Waals surface area contributed by atoms with E-state index in [0.29, 0.717) is 5.69 Å². The van der Waals surface area contributed by atoms with Gasteiger partial charge in [-0.15, -0.1) is 0 Å². The van der Waals surface area contributed by atoms with Crippen LogP contribution in [0.25, 0.3) is 16.9 Å². The van der Waals surface area contributed by atoms with Crippen molar-refractivity contribution in [2.75, 3.05) is 5.32 Å². The molecule has 4 aromatic rings. The number of hydrogen-bond acceptors (Lipinski definition) is 2. The van der Waals surface area contributed by atoms with Crippen molar-refractivity contribution in [3.8, 4) is 11.3 Å². The molecule has 6 heteroatoms. The zero-order valence-corrected chi connectivity index (χ0v) is 15.3. The van der Waals surface area contributed by atoms with E-state index in [1.165, 1.54) is 6.07 Å². The van der Waals surface area contributed by atoms with Gasteiger partial charge in [0.25, 0.3) is 5.91 Å². The molecule has 0 unspecified atom stereocenters. The Morgan fingerprint density at radius 3 is 2.61 bits per heavy atom. The van der Waals surface area contributed by atoms with Crippen LogP contribution in [-0.2, 0) is 0 Å². The van der Waals surface area contributed by atoms with Crippen LogP contribution in [0.15, 0.2) is 60.9 Å². The third kappa shape index (κ3) is 3.36. The molecule has 1 amide bonds. The summed E-state index contributed by atoms with van der Waals surface area (Å²) in [5.74, 6) is -2.56. The number of rotatable bonds is 3. The van der Waals surface area contributed by atoms with Crippen molar-refractivity contribution in [3.05, 3.63) is 89.2 Å². The summed E-state index contributed by atoms with van der Waals surface area (Å²) in [5.41, 5.74) is 5.05. The molecule has 0 atom stereocenters. The first-order valence-corrected chi connectivity index (χ1v) is 8.73. The van der Waals surface area contributed by atoms with E-state index >= 15 is 0 Å². The average molecular weight is 377 g/mol. The van der Waals surface area contributed by atoms with Gasteiger partial charge in [0.1, 0.15) is 5.65 Å². The number of fused-ring (bicyclic) bond motifs is 1. The minimum Gasteiger partial charge on any atom is -0.322 e. The molecule has 0 fully saturated rings. The molecule has 0 spiro atoms. The molecule has 0 saturated heterocycles. The number of aryl methyl sites for hydroxylation is 2. The Hall–Kier alpha value is -3.54. The molecule has 0 radical (unpaired) electrons. The monoisotopic (exact) mass is 377 g/mol. The predicted octanol–water partition coefficient (Wildman–Crippen LogP) is 5.15. The molecule has 2 heterocycles. The lowest BCUT2D eigenvalue weighted by molar-refractivity contribution is 0.102. The molecule has 0 saturated carbocycles. The highest BCUT2D eigenvalue weighted by Crippen LogP contribution is 2.26. The molecule has 0 aliphatic rings. The molecule has 2 aromatic heterocycles. The minimum atomic E-state index is -1.06. The van der Waals surface area contributed by atoms with Crippen LogP contribution in [0.5, 0.6) is 0 Å². The zero-order valence-electron chi connectivity index (χ0n) is 15.3. The molecule has 1 N–H and O–H groups in total. The number of amides is 1. The normalized spacial score (nSPS) is 11.0. The van der Waals surface area contributed by atoms with E-state index in [0.717, 1.165) is 40.2 Å². The fourth-order valence-electron chi connectivity index (χ4n) is 2.97. The number of halogens is 2. The van der Waals surface area contributed by atoms with E-state index in [-0.39, 0.29) is 5.56 Å². The van der Waals surface area contributed by atoms with Crippen LogP contribution in [0.2, 0.25) is 0 Å². The molecular formula is C22H17F2N3O. The first kappa shape index (κ1) is 17.9. The lowest BCUT2D eigenvalue weighted by Gasteiger charge is -2.10. The van der Waals surface area contributed by atoms with Gasteiger partial charge in [-0.2, -0.15) is 0 Å². The van der Waals surface area contributed by atoms with Gasteiger partial charge >= 0.3 is 0 Å². The standard InChI is InChI=1S/C22H17F2N3O/c1-13-7-8-27-12-20(25-21(27)9-13)15-4-3-14(2)19(11-15)26-22(28)16-5-6-17(23)18(24)10-16/h3-12H,1-2H3,(H,26,28). The summed E-state index contributed by atoms with van der Waals surface area (Å²) in [5, 5.41) is 2.76. The van der Waals surface area contributed by atoms with Gasteiger partial charge < -0.3 is 9.72 Å². The van der Waals surface area contributed by atoms with Gasteiger partial charge in [-0.1, -0.05) is 12.1 Å². The lowest BCUT2D eigenvalue weighted by Crippen LogP contribution is -2.13. The van der Waals surface area contributed by atoms with Gasteiger partial charge in [-0.05, 0) is 61.4 Å². The molecule has 28 heavy (non-hydrogen) atoms. The summed E-state index contributed by atoms with van der Waals surface area (Å²) in [6.45, 7) is 3.86. The largest absolute Gasteiger partial charge is 0.322 e. The summed E-state index contributed by atoms with van der Waals surface area (Å²) in [4.78, 5) is 17.1. The van der Waals surface area contributed by atoms with Gasteiger partial charge in [0, 0.05) is 29.2 Å². The van der Waals surface area contributed by atoms with Gasteiger partial charge in [0.15, 0.2) is 11.6 Å². The van der Waals surface area contributed by atoms with Crippen molar-refractivity contribution in [3.63, 3.8) is 0 Å². The van der Waals surface area contributed by atoms with Crippen LogP contribution in [0.3, 0.4) is 0 Å². The number of aromatic nitrogens is 2. The topological polar surface area (TPSA) is 46.4 Å². The van der Waals surface area contributed by atoms with E-state index in [1.54, 1.807) is 0 Å². The van der Waals surface area contributed by atoms with Gasteiger partial charge in [-0.3, -0.25) is 4.79 Å². The Bertz CT molecular complexity index is 1210. The van der Waals surface area contributed by atoms with Crippen LogP contribution < -0.4 is 5.32 Å². The van der Waals surface area contributed by atoms with Crippen LogP contribution in [0.1, 0.15) is 21.5 Å². The Balaban J connectivity index is 1.66. The van der Waals surface area contributed by atoms with Crippen LogP contribution in [0.4, 0.5) is 14.5 Å². The lowest BCUT2D eigenvalue weighted by atomic mass is 10.1. The fraction of sp³-hybridized carbons (Fsp3) is 0.0909. The average Bonchev–Trinajstić information content (AvgIpc) is 3.08. The maximum absolute atomic E-state index is 13.4. The van der Waals surface area contributed by atoms with Crippen molar-refractivity contribution < 1.29 is 13.6 Å². The smallest absolute Gasteiger partial charge is 0.255 e. The number of carbonyl (C=O) groups is 1. The SMILES string of the molecule is Cc1ccn2cc(-c3ccc(C)c(NC(=O)c4ccc(F)c(F)c4)c3)nc2c1. The van der Waals surface area contributed by atoms with E-state index in [4.69, 9.17) is 0 Å². The molecule has 0 bridgehead atoms. The highest BCUT2D eigenvalue weighted by Gasteiger charge is 2.13. The van der Waals surface area contributed by atoms with Crippen molar-refractivity contribution in [1.82, 2.24) is 9.38 Å². The highest BCUT2D eigenvalue weighted by atomic mass is 19.2. The van der Waals surface area contributed by atoms with Crippen LogP contribution >= 0.6 is 0 Å². The Kier molecular flexibility index (Phi) is 4.39. The molecule has 140 valence electrons. The maximum atomic E-state index is 13.4. The molecule has 4 rings (SSSR count). The fourth-order valence-corrected chi connectivity index (χ4v) is 2.97. The number of hydrogen-bond donors (Lipinski definition) is 1. The Morgan fingerprint density at radius 1 is 1.00 bits per heavy atom. The number of pyridine rings is 1. The van der Waals surface area contributed by atoms with Gasteiger partial charge in [-0.25, -0.2) is 13.8 Å². The van der Waals surface area contributed by atoms with Crippen molar-refractivity contribution in [2.24, 2.45) is 0 Å². The summed E-state index contributed by atoms with van der Waals surface area (Å²) in [6, 6.07) is 12.7. The van der Waals surface area contributed by atoms with Crippen molar-refractivity contribution in [1.29, 1.82) is 0 Å². The first-order chi connectivity index (χ1) is 13.4. The van der Waals surface area contributed by atoms with Crippen LogP contribution in [-0.4, -0.2) is 15.3 Å². The number of nitrogens with one attached hydrogen (secondary N) is 1.